The Balaban J connectivity index is 1.61. The van der Waals surface area contributed by atoms with Crippen LogP contribution >= 0.6 is 0 Å². The van der Waals surface area contributed by atoms with Gasteiger partial charge < -0.3 is 14.4 Å². The van der Waals surface area contributed by atoms with Gasteiger partial charge in [0.2, 0.25) is 0 Å². The van der Waals surface area contributed by atoms with Crippen molar-refractivity contribution in [3.05, 3.63) is 36.2 Å². The van der Waals surface area contributed by atoms with E-state index in [1.54, 1.807) is 30.3 Å². The van der Waals surface area contributed by atoms with E-state index in [9.17, 15) is 4.79 Å². The van der Waals surface area contributed by atoms with Crippen molar-refractivity contribution < 1.29 is 14.3 Å². The number of nitriles is 1. The second-order valence-electron chi connectivity index (χ2n) is 8.39. The molecule has 0 aliphatic carbocycles. The molecule has 1 fully saturated rings. The van der Waals surface area contributed by atoms with E-state index in [2.05, 4.69) is 11.2 Å². The van der Waals surface area contributed by atoms with E-state index in [1.807, 2.05) is 37.7 Å². The molecule has 0 N–H and O–H groups in total. The van der Waals surface area contributed by atoms with Crippen LogP contribution in [-0.4, -0.2) is 46.6 Å². The van der Waals surface area contributed by atoms with Gasteiger partial charge in [0.15, 0.2) is 0 Å². The predicted molar refractivity (Wildman–Crippen MR) is 109 cm³/mol. The van der Waals surface area contributed by atoms with Crippen LogP contribution in [0, 0.1) is 17.2 Å². The Kier molecular flexibility index (Phi) is 6.12. The summed E-state index contributed by atoms with van der Waals surface area (Å²) in [4.78, 5) is 14.0. The molecular weight excluding hydrogens is 368 g/mol. The molecule has 1 aromatic carbocycles. The maximum atomic E-state index is 12.2. The van der Waals surface area contributed by atoms with Gasteiger partial charge in [-0.05, 0) is 57.7 Å². The van der Waals surface area contributed by atoms with E-state index in [0.717, 1.165) is 30.5 Å². The molecule has 3 rings (SSSR count). The smallest absolute Gasteiger partial charge is 0.410 e. The molecule has 154 valence electrons. The second kappa shape index (κ2) is 8.56. The van der Waals surface area contributed by atoms with Crippen molar-refractivity contribution >= 4 is 6.09 Å². The number of ether oxygens (including phenoxy) is 2. The highest BCUT2D eigenvalue weighted by molar-refractivity contribution is 5.71. The molecule has 1 saturated heterocycles. The van der Waals surface area contributed by atoms with Crippen molar-refractivity contribution in [2.24, 2.45) is 5.92 Å². The predicted octanol–water partition coefficient (Wildman–Crippen LogP) is 4.08. The third kappa shape index (κ3) is 5.29. The second-order valence-corrected chi connectivity index (χ2v) is 8.39. The number of carbonyl (C=O) groups is 1. The van der Waals surface area contributed by atoms with Crippen molar-refractivity contribution in [2.45, 2.75) is 45.8 Å². The Morgan fingerprint density at radius 2 is 2.03 bits per heavy atom. The van der Waals surface area contributed by atoms with Crippen LogP contribution in [-0.2, 0) is 11.3 Å². The standard InChI is InChI=1S/C22H28N4O3/c1-22(2,3)29-21(27)25-9-7-16(8-10-25)14-26-15-18(13-24-26)19-11-17(12-23)5-6-20(19)28-4/h5-6,11,13,15-16H,7-10,14H2,1-4H3. The Morgan fingerprint density at radius 3 is 2.66 bits per heavy atom. The van der Waals surface area contributed by atoms with Gasteiger partial charge >= 0.3 is 6.09 Å². The molecule has 0 spiro atoms. The summed E-state index contributed by atoms with van der Waals surface area (Å²) in [6.07, 6.45) is 5.39. The first kappa shape index (κ1) is 20.7. The number of aromatic nitrogens is 2. The van der Waals surface area contributed by atoms with Gasteiger partial charge in [-0.15, -0.1) is 0 Å². The van der Waals surface area contributed by atoms with E-state index in [0.29, 0.717) is 30.3 Å². The van der Waals surface area contributed by atoms with Gasteiger partial charge in [0.25, 0.3) is 0 Å². The average Bonchev–Trinajstić information content (AvgIpc) is 3.15. The highest BCUT2D eigenvalue weighted by Crippen LogP contribution is 2.31. The minimum atomic E-state index is -0.469. The van der Waals surface area contributed by atoms with Crippen molar-refractivity contribution in [2.75, 3.05) is 20.2 Å². The van der Waals surface area contributed by atoms with E-state index in [-0.39, 0.29) is 6.09 Å². The molecular formula is C22H28N4O3. The van der Waals surface area contributed by atoms with Gasteiger partial charge in [-0.25, -0.2) is 4.79 Å². The van der Waals surface area contributed by atoms with Crippen LogP contribution in [0.15, 0.2) is 30.6 Å². The van der Waals surface area contributed by atoms with E-state index in [1.165, 1.54) is 0 Å². The number of rotatable bonds is 4. The maximum Gasteiger partial charge on any atom is 0.410 e. The number of hydrogen-bond donors (Lipinski definition) is 0. The lowest BCUT2D eigenvalue weighted by Crippen LogP contribution is -2.42. The highest BCUT2D eigenvalue weighted by atomic mass is 16.6. The Bertz CT molecular complexity index is 900. The van der Waals surface area contributed by atoms with E-state index in [4.69, 9.17) is 14.7 Å². The molecule has 1 aliphatic rings. The zero-order chi connectivity index (χ0) is 21.0. The fourth-order valence-electron chi connectivity index (χ4n) is 3.49. The number of hydrogen-bond acceptors (Lipinski definition) is 5. The summed E-state index contributed by atoms with van der Waals surface area (Å²) in [5.74, 6) is 1.17. The molecule has 0 atom stereocenters. The van der Waals surface area contributed by atoms with E-state index >= 15 is 0 Å². The topological polar surface area (TPSA) is 80.4 Å². The van der Waals surface area contributed by atoms with Gasteiger partial charge in [-0.1, -0.05) is 0 Å². The van der Waals surface area contributed by atoms with Gasteiger partial charge in [0.05, 0.1) is 24.9 Å². The van der Waals surface area contributed by atoms with Crippen LogP contribution in [0.1, 0.15) is 39.2 Å². The molecule has 1 aromatic heterocycles. The molecule has 1 aliphatic heterocycles. The Labute approximate surface area is 171 Å². The average molecular weight is 396 g/mol. The zero-order valence-electron chi connectivity index (χ0n) is 17.5. The number of amides is 1. The van der Waals surface area contributed by atoms with Gasteiger partial charge in [-0.3, -0.25) is 4.68 Å². The summed E-state index contributed by atoms with van der Waals surface area (Å²) in [6.45, 7) is 7.84. The van der Waals surface area contributed by atoms with Crippen LogP contribution in [0.5, 0.6) is 5.75 Å². The van der Waals surface area contributed by atoms with Gasteiger partial charge in [0.1, 0.15) is 11.4 Å². The highest BCUT2D eigenvalue weighted by Gasteiger charge is 2.27. The summed E-state index contributed by atoms with van der Waals surface area (Å²) in [7, 11) is 1.62. The number of benzene rings is 1. The molecule has 2 heterocycles. The fourth-order valence-corrected chi connectivity index (χ4v) is 3.49. The van der Waals surface area contributed by atoms with Crippen molar-refractivity contribution in [1.82, 2.24) is 14.7 Å². The molecule has 0 saturated carbocycles. The van der Waals surface area contributed by atoms with Gasteiger partial charge in [-0.2, -0.15) is 10.4 Å². The summed E-state index contributed by atoms with van der Waals surface area (Å²) in [5.41, 5.74) is 1.90. The molecule has 0 unspecified atom stereocenters. The van der Waals surface area contributed by atoms with Crippen molar-refractivity contribution in [3.8, 4) is 22.9 Å². The van der Waals surface area contributed by atoms with Crippen LogP contribution in [0.25, 0.3) is 11.1 Å². The molecule has 0 radical (unpaired) electrons. The van der Waals surface area contributed by atoms with Crippen molar-refractivity contribution in [3.63, 3.8) is 0 Å². The number of piperidine rings is 1. The summed E-state index contributed by atoms with van der Waals surface area (Å²) in [6, 6.07) is 7.53. The minimum Gasteiger partial charge on any atom is -0.496 e. The summed E-state index contributed by atoms with van der Waals surface area (Å²) < 4.78 is 12.8. The summed E-state index contributed by atoms with van der Waals surface area (Å²) in [5, 5.41) is 13.7. The maximum absolute atomic E-state index is 12.2. The van der Waals surface area contributed by atoms with Gasteiger partial charge in [0, 0.05) is 37.0 Å². The minimum absolute atomic E-state index is 0.234. The molecule has 0 bridgehead atoms. The normalized spacial score (nSPS) is 15.1. The lowest BCUT2D eigenvalue weighted by Gasteiger charge is -2.33. The van der Waals surface area contributed by atoms with Crippen molar-refractivity contribution in [1.29, 1.82) is 5.26 Å². The first-order valence-corrected chi connectivity index (χ1v) is 9.88. The monoisotopic (exact) mass is 396 g/mol. The lowest BCUT2D eigenvalue weighted by molar-refractivity contribution is 0.0177. The fraction of sp³-hybridized carbons (Fsp3) is 0.500. The van der Waals surface area contributed by atoms with Crippen LogP contribution in [0.3, 0.4) is 0 Å². The number of likely N-dealkylation sites (tertiary alicyclic amines) is 1. The molecule has 2 aromatic rings. The lowest BCUT2D eigenvalue weighted by atomic mass is 9.97. The van der Waals surface area contributed by atoms with Crippen LogP contribution in [0.4, 0.5) is 4.79 Å². The first-order chi connectivity index (χ1) is 13.8. The summed E-state index contributed by atoms with van der Waals surface area (Å²) >= 11 is 0. The first-order valence-electron chi connectivity index (χ1n) is 9.88. The Hall–Kier alpha value is -3.01. The van der Waals surface area contributed by atoms with E-state index < -0.39 is 5.60 Å². The largest absolute Gasteiger partial charge is 0.496 e. The Morgan fingerprint density at radius 1 is 1.31 bits per heavy atom. The van der Waals surface area contributed by atoms with Crippen LogP contribution < -0.4 is 4.74 Å². The molecule has 1 amide bonds. The van der Waals surface area contributed by atoms with Crippen LogP contribution in [0.2, 0.25) is 0 Å². The zero-order valence-corrected chi connectivity index (χ0v) is 17.5. The molecule has 29 heavy (non-hydrogen) atoms. The SMILES string of the molecule is COc1ccc(C#N)cc1-c1cnn(CC2CCN(C(=O)OC(C)(C)C)CC2)c1. The number of methoxy groups -OCH3 is 1. The number of carbonyl (C=O) groups excluding carboxylic acids is 1. The third-order valence-corrected chi connectivity index (χ3v) is 4.98. The third-order valence-electron chi connectivity index (χ3n) is 4.98. The quantitative estimate of drug-likeness (QED) is 0.778. The number of nitrogens with zero attached hydrogens (tertiary/aromatic N) is 4. The molecule has 7 heteroatoms. The molecule has 7 nitrogen and oxygen atoms in total.